The van der Waals surface area contributed by atoms with E-state index in [-0.39, 0.29) is 23.8 Å². The van der Waals surface area contributed by atoms with E-state index in [0.29, 0.717) is 36.0 Å². The second-order valence-electron chi connectivity index (χ2n) is 6.98. The zero-order valence-electron chi connectivity index (χ0n) is 15.2. The SMILES string of the molecule is Cc1csc(-c2[nH]c3c(F)cc(F)cc3c2CCC(=O)N[C@H]2CCNC2=O)c1. The van der Waals surface area contributed by atoms with E-state index in [2.05, 4.69) is 15.6 Å². The van der Waals surface area contributed by atoms with E-state index < -0.39 is 17.7 Å². The van der Waals surface area contributed by atoms with Crippen LogP contribution in [-0.2, 0) is 16.0 Å². The summed E-state index contributed by atoms with van der Waals surface area (Å²) in [7, 11) is 0. The van der Waals surface area contributed by atoms with E-state index in [0.717, 1.165) is 16.5 Å². The summed E-state index contributed by atoms with van der Waals surface area (Å²) in [5.41, 5.74) is 2.69. The Morgan fingerprint density at radius 3 is 2.82 bits per heavy atom. The number of aromatic amines is 1. The van der Waals surface area contributed by atoms with Crippen LogP contribution in [0.2, 0.25) is 0 Å². The number of hydrogen-bond donors (Lipinski definition) is 3. The smallest absolute Gasteiger partial charge is 0.242 e. The van der Waals surface area contributed by atoms with Crippen molar-refractivity contribution in [3.63, 3.8) is 0 Å². The lowest BCUT2D eigenvalue weighted by Crippen LogP contribution is -2.40. The number of hydrogen-bond acceptors (Lipinski definition) is 3. The molecular weight excluding hydrogens is 384 g/mol. The van der Waals surface area contributed by atoms with Crippen molar-refractivity contribution in [3.05, 3.63) is 46.3 Å². The van der Waals surface area contributed by atoms with E-state index >= 15 is 0 Å². The van der Waals surface area contributed by atoms with E-state index in [4.69, 9.17) is 0 Å². The second-order valence-corrected chi connectivity index (χ2v) is 7.89. The fourth-order valence-corrected chi connectivity index (χ4v) is 4.47. The molecule has 3 heterocycles. The topological polar surface area (TPSA) is 74.0 Å². The Morgan fingerprint density at radius 2 is 2.14 bits per heavy atom. The van der Waals surface area contributed by atoms with Gasteiger partial charge in [-0.25, -0.2) is 8.78 Å². The molecule has 8 heteroatoms. The number of benzene rings is 1. The Balaban J connectivity index is 1.64. The van der Waals surface area contributed by atoms with Gasteiger partial charge in [-0.1, -0.05) is 0 Å². The standard InChI is InChI=1S/C20H19F2N3O2S/c1-10-6-16(28-9-10)19-12(13-7-11(21)8-14(22)18(13)25-19)2-3-17(26)24-15-4-5-23-20(15)27/h6-9,15,25H,2-5H2,1H3,(H,23,27)(H,24,26)/t15-/m0/s1. The van der Waals surface area contributed by atoms with Crippen LogP contribution in [0.1, 0.15) is 24.0 Å². The maximum atomic E-state index is 14.3. The molecule has 3 aromatic rings. The van der Waals surface area contributed by atoms with E-state index in [1.807, 2.05) is 18.4 Å². The Kier molecular flexibility index (Phi) is 4.89. The third kappa shape index (κ3) is 3.52. The van der Waals surface area contributed by atoms with Gasteiger partial charge in [-0.2, -0.15) is 0 Å². The molecule has 0 saturated carbocycles. The Labute approximate surface area is 164 Å². The van der Waals surface area contributed by atoms with Crippen LogP contribution in [0.4, 0.5) is 8.78 Å². The third-order valence-electron chi connectivity index (χ3n) is 4.89. The monoisotopic (exact) mass is 403 g/mol. The largest absolute Gasteiger partial charge is 0.354 e. The molecule has 5 nitrogen and oxygen atoms in total. The lowest BCUT2D eigenvalue weighted by atomic mass is 10.0. The normalized spacial score (nSPS) is 16.5. The molecule has 2 amide bonds. The zero-order valence-corrected chi connectivity index (χ0v) is 16.0. The summed E-state index contributed by atoms with van der Waals surface area (Å²) >= 11 is 1.50. The predicted octanol–water partition coefficient (Wildman–Crippen LogP) is 3.42. The maximum absolute atomic E-state index is 14.3. The number of halogens is 2. The van der Waals surface area contributed by atoms with E-state index in [9.17, 15) is 18.4 Å². The predicted molar refractivity (Wildman–Crippen MR) is 104 cm³/mol. The van der Waals surface area contributed by atoms with Crippen LogP contribution in [0.3, 0.4) is 0 Å². The quantitative estimate of drug-likeness (QED) is 0.611. The van der Waals surface area contributed by atoms with Gasteiger partial charge in [0.05, 0.1) is 16.1 Å². The maximum Gasteiger partial charge on any atom is 0.242 e. The molecule has 3 N–H and O–H groups in total. The van der Waals surface area contributed by atoms with Crippen molar-refractivity contribution in [2.45, 2.75) is 32.2 Å². The van der Waals surface area contributed by atoms with Crippen molar-refractivity contribution >= 4 is 34.1 Å². The van der Waals surface area contributed by atoms with Crippen molar-refractivity contribution in [3.8, 4) is 10.6 Å². The number of amides is 2. The molecule has 146 valence electrons. The average molecular weight is 403 g/mol. The summed E-state index contributed by atoms with van der Waals surface area (Å²) in [6.45, 7) is 2.51. The van der Waals surface area contributed by atoms with Crippen LogP contribution in [0.15, 0.2) is 23.6 Å². The van der Waals surface area contributed by atoms with Crippen molar-refractivity contribution in [2.24, 2.45) is 0 Å². The summed E-state index contributed by atoms with van der Waals surface area (Å²) in [6.07, 6.45) is 0.982. The minimum Gasteiger partial charge on any atom is -0.354 e. The molecule has 1 aliphatic rings. The van der Waals surface area contributed by atoms with Crippen LogP contribution < -0.4 is 10.6 Å². The van der Waals surface area contributed by atoms with Crippen molar-refractivity contribution < 1.29 is 18.4 Å². The first-order chi connectivity index (χ1) is 13.4. The first-order valence-corrected chi connectivity index (χ1v) is 9.92. The minimum absolute atomic E-state index is 0.117. The van der Waals surface area contributed by atoms with Crippen LogP contribution in [-0.4, -0.2) is 29.4 Å². The number of aryl methyl sites for hydroxylation is 2. The molecule has 1 aliphatic heterocycles. The van der Waals surface area contributed by atoms with Gasteiger partial charge in [0.1, 0.15) is 17.7 Å². The minimum atomic E-state index is -0.664. The first-order valence-electron chi connectivity index (χ1n) is 9.04. The number of aromatic nitrogens is 1. The number of H-pyrrole nitrogens is 1. The van der Waals surface area contributed by atoms with Gasteiger partial charge in [-0.15, -0.1) is 11.3 Å². The van der Waals surface area contributed by atoms with Crippen LogP contribution in [0.25, 0.3) is 21.5 Å². The highest BCUT2D eigenvalue weighted by Gasteiger charge is 2.26. The van der Waals surface area contributed by atoms with Gasteiger partial charge in [0.2, 0.25) is 11.8 Å². The van der Waals surface area contributed by atoms with E-state index in [1.54, 1.807) is 0 Å². The molecule has 4 rings (SSSR count). The molecule has 1 fully saturated rings. The number of carbonyl (C=O) groups is 2. The van der Waals surface area contributed by atoms with Gasteiger partial charge in [0, 0.05) is 24.4 Å². The number of carbonyl (C=O) groups excluding carboxylic acids is 2. The van der Waals surface area contributed by atoms with Crippen molar-refractivity contribution in [1.82, 2.24) is 15.6 Å². The summed E-state index contributed by atoms with van der Waals surface area (Å²) in [4.78, 5) is 27.9. The molecule has 2 aromatic heterocycles. The number of rotatable bonds is 5. The van der Waals surface area contributed by atoms with Gasteiger partial charge in [-0.05, 0) is 48.4 Å². The summed E-state index contributed by atoms with van der Waals surface area (Å²) < 4.78 is 28.1. The van der Waals surface area contributed by atoms with Crippen LogP contribution >= 0.6 is 11.3 Å². The van der Waals surface area contributed by atoms with Gasteiger partial charge < -0.3 is 15.6 Å². The summed E-state index contributed by atoms with van der Waals surface area (Å²) in [5.74, 6) is -1.77. The summed E-state index contributed by atoms with van der Waals surface area (Å²) in [6, 6.07) is 3.59. The fourth-order valence-electron chi connectivity index (χ4n) is 3.54. The Bertz CT molecular complexity index is 1070. The number of thiophene rings is 1. The van der Waals surface area contributed by atoms with Gasteiger partial charge in [-0.3, -0.25) is 9.59 Å². The lowest BCUT2D eigenvalue weighted by molar-refractivity contribution is -0.127. The zero-order chi connectivity index (χ0) is 19.8. The lowest BCUT2D eigenvalue weighted by Gasteiger charge is -2.10. The Hall–Kier alpha value is -2.74. The molecular formula is C20H19F2N3O2S. The Morgan fingerprint density at radius 1 is 1.32 bits per heavy atom. The van der Waals surface area contributed by atoms with Crippen LogP contribution in [0, 0.1) is 18.6 Å². The van der Waals surface area contributed by atoms with Crippen molar-refractivity contribution in [1.29, 1.82) is 0 Å². The fraction of sp³-hybridized carbons (Fsp3) is 0.300. The van der Waals surface area contributed by atoms with Gasteiger partial charge in [0.25, 0.3) is 0 Å². The van der Waals surface area contributed by atoms with Gasteiger partial charge in [0.15, 0.2) is 0 Å². The highest BCUT2D eigenvalue weighted by Crippen LogP contribution is 2.36. The molecule has 0 spiro atoms. The highest BCUT2D eigenvalue weighted by molar-refractivity contribution is 7.13. The molecule has 1 atom stereocenters. The molecule has 0 bridgehead atoms. The van der Waals surface area contributed by atoms with Crippen molar-refractivity contribution in [2.75, 3.05) is 6.54 Å². The first kappa shape index (κ1) is 18.6. The molecule has 0 aliphatic carbocycles. The third-order valence-corrected chi connectivity index (χ3v) is 5.96. The number of fused-ring (bicyclic) bond motifs is 1. The molecule has 28 heavy (non-hydrogen) atoms. The second kappa shape index (κ2) is 7.35. The molecule has 0 unspecified atom stereocenters. The molecule has 1 aromatic carbocycles. The average Bonchev–Trinajstić information content (AvgIpc) is 3.33. The van der Waals surface area contributed by atoms with Crippen LogP contribution in [0.5, 0.6) is 0 Å². The van der Waals surface area contributed by atoms with E-state index in [1.165, 1.54) is 17.4 Å². The molecule has 0 radical (unpaired) electrons. The summed E-state index contributed by atoms with van der Waals surface area (Å²) in [5, 5.41) is 7.81. The highest BCUT2D eigenvalue weighted by atomic mass is 32.1. The number of nitrogens with one attached hydrogen (secondary N) is 3. The molecule has 1 saturated heterocycles. The van der Waals surface area contributed by atoms with Gasteiger partial charge >= 0.3 is 0 Å².